The van der Waals surface area contributed by atoms with Gasteiger partial charge in [0, 0.05) is 21.6 Å². The Morgan fingerprint density at radius 2 is 1.82 bits per heavy atom. The monoisotopic (exact) mass is 453 g/mol. The number of carbonyl (C=O) groups excluding carboxylic acids is 1. The van der Waals surface area contributed by atoms with Gasteiger partial charge in [-0.1, -0.05) is 51.8 Å². The number of nitrogens with one attached hydrogen (secondary N) is 1. The van der Waals surface area contributed by atoms with E-state index in [0.29, 0.717) is 23.7 Å². The molecule has 0 bridgehead atoms. The predicted octanol–water partition coefficient (Wildman–Crippen LogP) is 5.43. The Hall–Kier alpha value is -2.63. The van der Waals surface area contributed by atoms with Gasteiger partial charge in [-0.25, -0.2) is 4.98 Å². The van der Waals surface area contributed by atoms with Gasteiger partial charge in [0.05, 0.1) is 17.6 Å². The van der Waals surface area contributed by atoms with E-state index in [1.54, 1.807) is 24.3 Å². The van der Waals surface area contributed by atoms with Crippen molar-refractivity contribution < 1.29 is 4.79 Å². The molecule has 0 saturated heterocycles. The number of fused-ring (bicyclic) bond motifs is 1. The fourth-order valence-electron chi connectivity index (χ4n) is 3.12. The molecule has 4 aromatic rings. The van der Waals surface area contributed by atoms with E-state index in [1.807, 2.05) is 36.4 Å². The topological polar surface area (TPSA) is 46.9 Å². The van der Waals surface area contributed by atoms with Crippen molar-refractivity contribution in [3.05, 3.63) is 99.2 Å². The normalized spacial score (nSPS) is 10.9. The lowest BCUT2D eigenvalue weighted by molar-refractivity contribution is 0.0949. The zero-order valence-corrected chi connectivity index (χ0v) is 17.2. The van der Waals surface area contributed by atoms with Gasteiger partial charge in [0.15, 0.2) is 0 Å². The van der Waals surface area contributed by atoms with Crippen LogP contribution in [0.25, 0.3) is 11.0 Å². The summed E-state index contributed by atoms with van der Waals surface area (Å²) < 4.78 is 3.17. The number of rotatable bonds is 5. The summed E-state index contributed by atoms with van der Waals surface area (Å²) in [7, 11) is 0. The zero-order chi connectivity index (χ0) is 19.5. The number of nitrogens with zero attached hydrogens (tertiary/aromatic N) is 2. The first kappa shape index (κ1) is 18.7. The summed E-state index contributed by atoms with van der Waals surface area (Å²) in [5.41, 5.74) is 3.67. The van der Waals surface area contributed by atoms with E-state index in [-0.39, 0.29) is 5.91 Å². The van der Waals surface area contributed by atoms with Crippen LogP contribution < -0.4 is 5.32 Å². The van der Waals surface area contributed by atoms with E-state index in [4.69, 9.17) is 16.6 Å². The van der Waals surface area contributed by atoms with E-state index in [0.717, 1.165) is 26.9 Å². The first-order chi connectivity index (χ1) is 13.6. The van der Waals surface area contributed by atoms with Crippen molar-refractivity contribution >= 4 is 44.5 Å². The van der Waals surface area contributed by atoms with Crippen LogP contribution >= 0.6 is 27.5 Å². The number of imidazole rings is 1. The Labute approximate surface area is 176 Å². The van der Waals surface area contributed by atoms with Gasteiger partial charge >= 0.3 is 0 Å². The van der Waals surface area contributed by atoms with Crippen molar-refractivity contribution in [2.45, 2.75) is 13.1 Å². The Bertz CT molecular complexity index is 1140. The van der Waals surface area contributed by atoms with Crippen LogP contribution in [0.3, 0.4) is 0 Å². The molecule has 140 valence electrons. The van der Waals surface area contributed by atoms with Crippen LogP contribution in [0.15, 0.2) is 77.3 Å². The number of aromatic nitrogens is 2. The van der Waals surface area contributed by atoms with Crippen LogP contribution in [0.4, 0.5) is 0 Å². The molecule has 0 radical (unpaired) electrons. The summed E-state index contributed by atoms with van der Waals surface area (Å²) in [5.74, 6) is 0.654. The fraction of sp³-hybridized carbons (Fsp3) is 0.0909. The summed E-state index contributed by atoms with van der Waals surface area (Å²) >= 11 is 9.42. The first-order valence-corrected chi connectivity index (χ1v) is 9.99. The van der Waals surface area contributed by atoms with Gasteiger partial charge < -0.3 is 9.88 Å². The summed E-state index contributed by atoms with van der Waals surface area (Å²) in [6, 6.07) is 23.0. The highest BCUT2D eigenvalue weighted by Crippen LogP contribution is 2.20. The van der Waals surface area contributed by atoms with Crippen LogP contribution in [0.1, 0.15) is 21.7 Å². The molecule has 1 heterocycles. The molecule has 1 amide bonds. The molecule has 4 nitrogen and oxygen atoms in total. The SMILES string of the molecule is O=C(NCc1nc2ccccc2n1Cc1cccc(Br)c1)c1ccc(Cl)cc1. The van der Waals surface area contributed by atoms with Crippen molar-refractivity contribution in [2.24, 2.45) is 0 Å². The Morgan fingerprint density at radius 3 is 2.61 bits per heavy atom. The molecule has 0 aliphatic rings. The van der Waals surface area contributed by atoms with Crippen molar-refractivity contribution in [3.63, 3.8) is 0 Å². The number of hydrogen-bond donors (Lipinski definition) is 1. The van der Waals surface area contributed by atoms with Gasteiger partial charge in [-0.05, 0) is 54.1 Å². The smallest absolute Gasteiger partial charge is 0.251 e. The van der Waals surface area contributed by atoms with Crippen molar-refractivity contribution in [1.82, 2.24) is 14.9 Å². The Balaban J connectivity index is 1.61. The molecule has 3 aromatic carbocycles. The fourth-order valence-corrected chi connectivity index (χ4v) is 3.69. The third-order valence-corrected chi connectivity index (χ3v) is 5.22. The number of para-hydroxylation sites is 2. The molecule has 1 N–H and O–H groups in total. The van der Waals surface area contributed by atoms with Gasteiger partial charge in [-0.3, -0.25) is 4.79 Å². The van der Waals surface area contributed by atoms with Crippen LogP contribution in [-0.2, 0) is 13.1 Å². The maximum atomic E-state index is 12.5. The van der Waals surface area contributed by atoms with Crippen LogP contribution in [0.2, 0.25) is 5.02 Å². The highest BCUT2D eigenvalue weighted by Gasteiger charge is 2.13. The molecule has 0 fully saturated rings. The number of amides is 1. The largest absolute Gasteiger partial charge is 0.345 e. The maximum absolute atomic E-state index is 12.5. The summed E-state index contributed by atoms with van der Waals surface area (Å²) in [6.45, 7) is 1.01. The molecule has 0 atom stereocenters. The third-order valence-electron chi connectivity index (χ3n) is 4.48. The summed E-state index contributed by atoms with van der Waals surface area (Å²) in [4.78, 5) is 17.2. The second-order valence-electron chi connectivity index (χ2n) is 6.42. The number of carbonyl (C=O) groups is 1. The van der Waals surface area contributed by atoms with E-state index in [1.165, 1.54) is 0 Å². The van der Waals surface area contributed by atoms with Gasteiger partial charge in [-0.15, -0.1) is 0 Å². The number of benzene rings is 3. The van der Waals surface area contributed by atoms with Crippen LogP contribution in [-0.4, -0.2) is 15.5 Å². The second kappa shape index (κ2) is 8.17. The Morgan fingerprint density at radius 1 is 1.04 bits per heavy atom. The van der Waals surface area contributed by atoms with Crippen molar-refractivity contribution in [2.75, 3.05) is 0 Å². The Kier molecular flexibility index (Phi) is 5.46. The minimum Gasteiger partial charge on any atom is -0.345 e. The number of halogens is 2. The lowest BCUT2D eigenvalue weighted by Crippen LogP contribution is -2.24. The van der Waals surface area contributed by atoms with Gasteiger partial charge in [0.1, 0.15) is 5.82 Å². The quantitative estimate of drug-likeness (QED) is 0.437. The lowest BCUT2D eigenvalue weighted by Gasteiger charge is -2.11. The first-order valence-electron chi connectivity index (χ1n) is 8.82. The van der Waals surface area contributed by atoms with Crippen molar-refractivity contribution in [1.29, 1.82) is 0 Å². The minimum absolute atomic E-state index is 0.155. The molecule has 28 heavy (non-hydrogen) atoms. The molecule has 1 aromatic heterocycles. The van der Waals surface area contributed by atoms with Gasteiger partial charge in [0.2, 0.25) is 0 Å². The lowest BCUT2D eigenvalue weighted by atomic mass is 10.2. The van der Waals surface area contributed by atoms with E-state index >= 15 is 0 Å². The maximum Gasteiger partial charge on any atom is 0.251 e. The molecular formula is C22H17BrClN3O. The molecule has 4 rings (SSSR count). The summed E-state index contributed by atoms with van der Waals surface area (Å²) in [5, 5.41) is 3.56. The predicted molar refractivity (Wildman–Crippen MR) is 116 cm³/mol. The number of hydrogen-bond acceptors (Lipinski definition) is 2. The van der Waals surface area contributed by atoms with E-state index < -0.39 is 0 Å². The van der Waals surface area contributed by atoms with Crippen molar-refractivity contribution in [3.8, 4) is 0 Å². The minimum atomic E-state index is -0.155. The molecule has 0 aliphatic heterocycles. The molecule has 0 saturated carbocycles. The molecule has 0 aliphatic carbocycles. The molecule has 0 spiro atoms. The van der Waals surface area contributed by atoms with Crippen LogP contribution in [0, 0.1) is 0 Å². The molecule has 6 heteroatoms. The molecular weight excluding hydrogens is 438 g/mol. The van der Waals surface area contributed by atoms with Gasteiger partial charge in [-0.2, -0.15) is 0 Å². The highest BCUT2D eigenvalue weighted by molar-refractivity contribution is 9.10. The average molecular weight is 455 g/mol. The van der Waals surface area contributed by atoms with E-state index in [2.05, 4.69) is 37.9 Å². The zero-order valence-electron chi connectivity index (χ0n) is 14.9. The second-order valence-corrected chi connectivity index (χ2v) is 7.77. The van der Waals surface area contributed by atoms with E-state index in [9.17, 15) is 4.79 Å². The van der Waals surface area contributed by atoms with Gasteiger partial charge in [0.25, 0.3) is 5.91 Å². The highest BCUT2D eigenvalue weighted by atomic mass is 79.9. The average Bonchev–Trinajstić information content (AvgIpc) is 3.04. The standard InChI is InChI=1S/C22H17BrClN3O/c23-17-5-3-4-15(12-17)14-27-20-7-2-1-6-19(20)26-21(27)13-25-22(28)16-8-10-18(24)11-9-16/h1-12H,13-14H2,(H,25,28). The third kappa shape index (κ3) is 4.11. The molecule has 0 unspecified atom stereocenters. The van der Waals surface area contributed by atoms with Crippen LogP contribution in [0.5, 0.6) is 0 Å². The summed E-state index contributed by atoms with van der Waals surface area (Å²) in [6.07, 6.45) is 0.